The second kappa shape index (κ2) is 7.72. The number of aryl methyl sites for hydroxylation is 1. The van der Waals surface area contributed by atoms with Gasteiger partial charge in [0.05, 0.1) is 16.7 Å². The number of hydrogen-bond donors (Lipinski definition) is 1. The summed E-state index contributed by atoms with van der Waals surface area (Å²) in [4.78, 5) is 31.3. The first kappa shape index (κ1) is 19.6. The average molecular weight is 418 g/mol. The molecule has 1 aliphatic carbocycles. The van der Waals surface area contributed by atoms with E-state index in [0.29, 0.717) is 22.9 Å². The van der Waals surface area contributed by atoms with Gasteiger partial charge in [0.2, 0.25) is 0 Å². The highest BCUT2D eigenvalue weighted by Crippen LogP contribution is 2.35. The Hall–Kier alpha value is -3.35. The fraction of sp³-hybridized carbons (Fsp3) is 0.375. The number of para-hydroxylation sites is 2. The van der Waals surface area contributed by atoms with Crippen molar-refractivity contribution < 1.29 is 14.3 Å². The van der Waals surface area contributed by atoms with E-state index in [1.165, 1.54) is 4.90 Å². The normalized spacial score (nSPS) is 21.0. The number of nitrogens with one attached hydrogen (secondary N) is 1. The number of carbonyl (C=O) groups excluding carboxylic acids is 2. The number of rotatable bonds is 3. The van der Waals surface area contributed by atoms with Gasteiger partial charge >= 0.3 is 0 Å². The van der Waals surface area contributed by atoms with Crippen LogP contribution in [0.3, 0.4) is 0 Å². The summed E-state index contributed by atoms with van der Waals surface area (Å²) in [5, 5.41) is 3.20. The van der Waals surface area contributed by atoms with Crippen LogP contribution in [0.2, 0.25) is 0 Å². The van der Waals surface area contributed by atoms with Crippen molar-refractivity contribution in [1.82, 2.24) is 14.9 Å². The molecule has 1 saturated carbocycles. The molecule has 0 saturated heterocycles. The average Bonchev–Trinajstić information content (AvgIpc) is 3.13. The van der Waals surface area contributed by atoms with Gasteiger partial charge in [-0.25, -0.2) is 4.98 Å². The predicted molar refractivity (Wildman–Crippen MR) is 119 cm³/mol. The molecule has 31 heavy (non-hydrogen) atoms. The summed E-state index contributed by atoms with van der Waals surface area (Å²) in [7, 11) is 3.77. The summed E-state index contributed by atoms with van der Waals surface area (Å²) in [6.45, 7) is 0.0285. The van der Waals surface area contributed by atoms with E-state index < -0.39 is 0 Å². The maximum Gasteiger partial charge on any atom is 0.264 e. The van der Waals surface area contributed by atoms with Crippen molar-refractivity contribution in [2.24, 2.45) is 7.05 Å². The maximum atomic E-state index is 13.0. The minimum atomic E-state index is -0.123. The smallest absolute Gasteiger partial charge is 0.264 e. The molecule has 1 aromatic heterocycles. The standard InChI is InChI=1S/C24H26N4O3/c1-27-20-13-16(10-11-21(20)31-14-22(27)29)24(30)25-17-7-5-6-15(12-17)23-26-18-8-3-4-9-19(18)28(23)2/h3-4,8-11,13,15,17H,5-7,12,14H2,1-2H3,(H,25,30)/t15-,17+/m0/s1. The summed E-state index contributed by atoms with van der Waals surface area (Å²) in [6.07, 6.45) is 3.95. The first-order valence-electron chi connectivity index (χ1n) is 10.8. The third-order valence-corrected chi connectivity index (χ3v) is 6.50. The molecule has 7 nitrogen and oxygen atoms in total. The van der Waals surface area contributed by atoms with Crippen molar-refractivity contribution in [1.29, 1.82) is 0 Å². The largest absolute Gasteiger partial charge is 0.482 e. The number of nitrogens with zero attached hydrogens (tertiary/aromatic N) is 3. The van der Waals surface area contributed by atoms with Crippen LogP contribution in [-0.2, 0) is 11.8 Å². The highest BCUT2D eigenvalue weighted by molar-refractivity contribution is 6.01. The Bertz CT molecular complexity index is 1170. The van der Waals surface area contributed by atoms with E-state index >= 15 is 0 Å². The van der Waals surface area contributed by atoms with Crippen LogP contribution in [0, 0.1) is 0 Å². The van der Waals surface area contributed by atoms with E-state index in [1.54, 1.807) is 25.2 Å². The van der Waals surface area contributed by atoms with E-state index in [0.717, 1.165) is 42.5 Å². The molecular weight excluding hydrogens is 392 g/mol. The lowest BCUT2D eigenvalue weighted by atomic mass is 9.85. The van der Waals surface area contributed by atoms with E-state index in [9.17, 15) is 9.59 Å². The topological polar surface area (TPSA) is 76.5 Å². The van der Waals surface area contributed by atoms with Gasteiger partial charge in [-0.2, -0.15) is 0 Å². The monoisotopic (exact) mass is 418 g/mol. The SMILES string of the molecule is CN1C(=O)COc2ccc(C(=O)N[C@@H]3CCC[C@H](c4nc5ccccc5n4C)C3)cc21. The molecule has 160 valence electrons. The zero-order valence-electron chi connectivity index (χ0n) is 17.8. The third kappa shape index (κ3) is 3.54. The molecule has 3 aromatic rings. The van der Waals surface area contributed by atoms with Crippen molar-refractivity contribution in [3.8, 4) is 5.75 Å². The summed E-state index contributed by atoms with van der Waals surface area (Å²) >= 11 is 0. The number of benzene rings is 2. The van der Waals surface area contributed by atoms with Gasteiger partial charge in [-0.3, -0.25) is 9.59 Å². The first-order valence-corrected chi connectivity index (χ1v) is 10.8. The zero-order chi connectivity index (χ0) is 21.5. The Morgan fingerprint density at radius 1 is 1.16 bits per heavy atom. The van der Waals surface area contributed by atoms with Crippen LogP contribution in [0.15, 0.2) is 42.5 Å². The molecule has 0 spiro atoms. The second-order valence-corrected chi connectivity index (χ2v) is 8.48. The summed E-state index contributed by atoms with van der Waals surface area (Å²) < 4.78 is 7.64. The van der Waals surface area contributed by atoms with Gasteiger partial charge in [0.25, 0.3) is 11.8 Å². The number of imidazole rings is 1. The fourth-order valence-corrected chi connectivity index (χ4v) is 4.77. The maximum absolute atomic E-state index is 13.0. The van der Waals surface area contributed by atoms with Crippen LogP contribution in [0.25, 0.3) is 11.0 Å². The van der Waals surface area contributed by atoms with Crippen LogP contribution in [0.1, 0.15) is 47.8 Å². The lowest BCUT2D eigenvalue weighted by Crippen LogP contribution is -2.39. The molecule has 2 aliphatic rings. The van der Waals surface area contributed by atoms with E-state index in [2.05, 4.69) is 23.0 Å². The Balaban J connectivity index is 1.32. The quantitative estimate of drug-likeness (QED) is 0.707. The number of likely N-dealkylation sites (N-methyl/N-ethyl adjacent to an activating group) is 1. The van der Waals surface area contributed by atoms with Crippen LogP contribution >= 0.6 is 0 Å². The van der Waals surface area contributed by atoms with Gasteiger partial charge < -0.3 is 19.5 Å². The molecule has 2 atom stereocenters. The number of ether oxygens (including phenoxy) is 1. The second-order valence-electron chi connectivity index (χ2n) is 8.48. The number of hydrogen-bond acceptors (Lipinski definition) is 4. The highest BCUT2D eigenvalue weighted by Gasteiger charge is 2.29. The van der Waals surface area contributed by atoms with Crippen LogP contribution in [0.5, 0.6) is 5.75 Å². The van der Waals surface area contributed by atoms with E-state index in [-0.39, 0.29) is 24.5 Å². The summed E-state index contributed by atoms with van der Waals surface area (Å²) in [5.74, 6) is 1.79. The zero-order valence-corrected chi connectivity index (χ0v) is 17.8. The van der Waals surface area contributed by atoms with Crippen molar-refractivity contribution in [3.05, 3.63) is 53.9 Å². The van der Waals surface area contributed by atoms with Gasteiger partial charge in [-0.05, 0) is 49.6 Å². The van der Waals surface area contributed by atoms with Gasteiger partial charge in [-0.15, -0.1) is 0 Å². The fourth-order valence-electron chi connectivity index (χ4n) is 4.77. The molecule has 7 heteroatoms. The van der Waals surface area contributed by atoms with Gasteiger partial charge in [0, 0.05) is 31.6 Å². The van der Waals surface area contributed by atoms with E-state index in [1.807, 2.05) is 18.2 Å². The number of amides is 2. The van der Waals surface area contributed by atoms with Crippen LogP contribution in [-0.4, -0.2) is 41.1 Å². The van der Waals surface area contributed by atoms with Gasteiger partial charge in [0.1, 0.15) is 11.6 Å². The Morgan fingerprint density at radius 3 is 2.84 bits per heavy atom. The number of carbonyl (C=O) groups is 2. The molecule has 2 amide bonds. The number of fused-ring (bicyclic) bond motifs is 2. The molecule has 2 heterocycles. The Labute approximate surface area is 181 Å². The molecular formula is C24H26N4O3. The van der Waals surface area contributed by atoms with Crippen LogP contribution in [0.4, 0.5) is 5.69 Å². The Morgan fingerprint density at radius 2 is 2.00 bits per heavy atom. The molecule has 0 unspecified atom stereocenters. The molecule has 2 aromatic carbocycles. The molecule has 0 radical (unpaired) electrons. The molecule has 1 fully saturated rings. The minimum absolute atomic E-state index is 0.0285. The minimum Gasteiger partial charge on any atom is -0.482 e. The third-order valence-electron chi connectivity index (χ3n) is 6.50. The molecule has 1 aliphatic heterocycles. The predicted octanol–water partition coefficient (Wildman–Crippen LogP) is 3.38. The summed E-state index contributed by atoms with van der Waals surface area (Å²) in [5.41, 5.74) is 3.32. The van der Waals surface area contributed by atoms with Crippen LogP contribution < -0.4 is 15.0 Å². The molecule has 1 N–H and O–H groups in total. The van der Waals surface area contributed by atoms with Gasteiger partial charge in [-0.1, -0.05) is 18.6 Å². The first-order chi connectivity index (χ1) is 15.0. The Kier molecular flexibility index (Phi) is 4.88. The van der Waals surface area contributed by atoms with Crippen molar-refractivity contribution in [2.45, 2.75) is 37.6 Å². The van der Waals surface area contributed by atoms with Crippen molar-refractivity contribution >= 4 is 28.5 Å². The van der Waals surface area contributed by atoms with Crippen molar-refractivity contribution in [2.75, 3.05) is 18.6 Å². The number of anilines is 1. The summed E-state index contributed by atoms with van der Waals surface area (Å²) in [6, 6.07) is 13.5. The van der Waals surface area contributed by atoms with Crippen molar-refractivity contribution in [3.63, 3.8) is 0 Å². The van der Waals surface area contributed by atoms with E-state index in [4.69, 9.17) is 9.72 Å². The lowest BCUT2D eigenvalue weighted by molar-refractivity contribution is -0.120. The lowest BCUT2D eigenvalue weighted by Gasteiger charge is -2.30. The highest BCUT2D eigenvalue weighted by atomic mass is 16.5. The number of aromatic nitrogens is 2. The molecule has 5 rings (SSSR count). The van der Waals surface area contributed by atoms with Gasteiger partial charge in [0.15, 0.2) is 6.61 Å². The molecule has 0 bridgehead atoms.